The minimum atomic E-state index is -0.433. The van der Waals surface area contributed by atoms with E-state index in [1.54, 1.807) is 7.11 Å². The third kappa shape index (κ3) is 7.04. The minimum absolute atomic E-state index is 0.00132. The van der Waals surface area contributed by atoms with E-state index in [-0.39, 0.29) is 23.9 Å². The van der Waals surface area contributed by atoms with Crippen LogP contribution in [0.25, 0.3) is 0 Å². The molecular weight excluding hydrogens is 227 g/mol. The third-order valence-electron chi connectivity index (χ3n) is 2.78. The van der Waals surface area contributed by atoms with Crippen molar-refractivity contribution in [3.05, 3.63) is 0 Å². The topological polar surface area (TPSA) is 52.6 Å². The molecule has 0 spiro atoms. The lowest BCUT2D eigenvalue weighted by Crippen LogP contribution is -2.23. The van der Waals surface area contributed by atoms with Crippen LogP contribution in [-0.2, 0) is 18.6 Å². The van der Waals surface area contributed by atoms with E-state index in [4.69, 9.17) is 4.74 Å². The molecule has 0 amide bonds. The quantitative estimate of drug-likeness (QED) is 0.588. The Morgan fingerprint density at radius 2 is 2.06 bits per heavy atom. The molecule has 0 fully saturated rings. The van der Waals surface area contributed by atoms with Crippen molar-refractivity contribution >= 4 is 14.5 Å². The van der Waals surface area contributed by atoms with Crippen LogP contribution in [-0.4, -0.2) is 25.1 Å². The average Bonchev–Trinajstić information content (AvgIpc) is 2.25. The Bertz CT molecular complexity index is 228. The lowest BCUT2D eigenvalue weighted by molar-refractivity contribution is -0.124. The Morgan fingerprint density at radius 1 is 1.44 bits per heavy atom. The molecule has 4 nitrogen and oxygen atoms in total. The Morgan fingerprint density at radius 3 is 2.56 bits per heavy atom. The van der Waals surface area contributed by atoms with E-state index in [0.717, 1.165) is 19.3 Å². The van der Waals surface area contributed by atoms with E-state index >= 15 is 0 Å². The lowest BCUT2D eigenvalue weighted by Gasteiger charge is -2.23. The SMILES string of the molecule is COC(C)(C)CCC[C@H](C)C(=O)COP=O. The number of carbonyl (C=O) groups excluding carboxylic acids is 1. The van der Waals surface area contributed by atoms with Crippen molar-refractivity contribution in [1.82, 2.24) is 0 Å². The van der Waals surface area contributed by atoms with Crippen molar-refractivity contribution < 1.29 is 18.6 Å². The van der Waals surface area contributed by atoms with Gasteiger partial charge >= 0.3 is 8.69 Å². The first-order chi connectivity index (χ1) is 7.43. The molecule has 0 saturated heterocycles. The van der Waals surface area contributed by atoms with Gasteiger partial charge in [0.05, 0.1) is 5.60 Å². The maximum Gasteiger partial charge on any atom is 0.327 e. The van der Waals surface area contributed by atoms with Gasteiger partial charge < -0.3 is 4.74 Å². The van der Waals surface area contributed by atoms with Gasteiger partial charge in [-0.3, -0.25) is 9.32 Å². The number of carbonyl (C=O) groups is 1. The van der Waals surface area contributed by atoms with Crippen molar-refractivity contribution in [2.75, 3.05) is 13.7 Å². The van der Waals surface area contributed by atoms with Crippen LogP contribution in [0.15, 0.2) is 0 Å². The number of hydrogen-bond acceptors (Lipinski definition) is 4. The monoisotopic (exact) mass is 248 g/mol. The van der Waals surface area contributed by atoms with E-state index in [1.807, 2.05) is 20.8 Å². The summed E-state index contributed by atoms with van der Waals surface area (Å²) in [5, 5.41) is 0. The number of hydrogen-bond donors (Lipinski definition) is 0. The number of methoxy groups -OCH3 is 1. The van der Waals surface area contributed by atoms with Gasteiger partial charge in [-0.15, -0.1) is 0 Å². The zero-order valence-electron chi connectivity index (χ0n) is 10.5. The molecule has 0 aliphatic carbocycles. The van der Waals surface area contributed by atoms with Gasteiger partial charge in [-0.25, -0.2) is 4.57 Å². The molecule has 0 bridgehead atoms. The molecule has 0 rings (SSSR count). The first kappa shape index (κ1) is 15.7. The van der Waals surface area contributed by atoms with E-state index in [0.29, 0.717) is 0 Å². The largest absolute Gasteiger partial charge is 0.379 e. The van der Waals surface area contributed by atoms with Crippen LogP contribution in [0.4, 0.5) is 0 Å². The zero-order chi connectivity index (χ0) is 12.6. The van der Waals surface area contributed by atoms with Crippen molar-refractivity contribution in [1.29, 1.82) is 0 Å². The molecule has 0 aromatic rings. The fourth-order valence-electron chi connectivity index (χ4n) is 1.33. The van der Waals surface area contributed by atoms with Gasteiger partial charge in [0.1, 0.15) is 6.61 Å². The molecule has 0 N–H and O–H groups in total. The summed E-state index contributed by atoms with van der Waals surface area (Å²) in [5.41, 5.74) is -0.132. The van der Waals surface area contributed by atoms with Gasteiger partial charge in [-0.05, 0) is 33.1 Å². The van der Waals surface area contributed by atoms with Crippen LogP contribution in [0.3, 0.4) is 0 Å². The van der Waals surface area contributed by atoms with E-state index in [9.17, 15) is 9.36 Å². The number of rotatable bonds is 9. The summed E-state index contributed by atoms with van der Waals surface area (Å²) in [6.07, 6.45) is 2.66. The molecule has 0 aliphatic rings. The van der Waals surface area contributed by atoms with Crippen LogP contribution < -0.4 is 0 Å². The lowest BCUT2D eigenvalue weighted by atomic mass is 9.94. The smallest absolute Gasteiger partial charge is 0.327 e. The molecule has 0 aromatic carbocycles. The van der Waals surface area contributed by atoms with Gasteiger partial charge in [-0.1, -0.05) is 6.92 Å². The summed E-state index contributed by atoms with van der Waals surface area (Å²) in [6.45, 7) is 5.85. The highest BCUT2D eigenvalue weighted by Crippen LogP contribution is 2.19. The molecule has 0 radical (unpaired) electrons. The molecular formula is C11H21O4P. The molecule has 0 aliphatic heterocycles. The van der Waals surface area contributed by atoms with Gasteiger partial charge in [-0.2, -0.15) is 0 Å². The van der Waals surface area contributed by atoms with E-state index in [2.05, 4.69) is 4.52 Å². The first-order valence-electron chi connectivity index (χ1n) is 5.45. The highest BCUT2D eigenvalue weighted by molar-refractivity contribution is 7.17. The fraction of sp³-hybridized carbons (Fsp3) is 0.909. The molecule has 94 valence electrons. The Kier molecular flexibility index (Phi) is 7.73. The van der Waals surface area contributed by atoms with Gasteiger partial charge in [0.25, 0.3) is 0 Å². The van der Waals surface area contributed by atoms with Gasteiger partial charge in [0.15, 0.2) is 5.78 Å². The van der Waals surface area contributed by atoms with E-state index < -0.39 is 8.69 Å². The summed E-state index contributed by atoms with van der Waals surface area (Å²) in [4.78, 5) is 11.4. The van der Waals surface area contributed by atoms with Crippen LogP contribution in [0, 0.1) is 5.92 Å². The Balaban J connectivity index is 3.76. The second kappa shape index (κ2) is 7.88. The summed E-state index contributed by atoms with van der Waals surface area (Å²) in [7, 11) is 1.26. The first-order valence-corrected chi connectivity index (χ1v) is 6.18. The molecule has 0 saturated carbocycles. The number of ether oxygens (including phenoxy) is 1. The fourth-order valence-corrected chi connectivity index (χ4v) is 1.51. The maximum atomic E-state index is 11.4. The highest BCUT2D eigenvalue weighted by atomic mass is 31.1. The zero-order valence-corrected chi connectivity index (χ0v) is 11.4. The Hall–Kier alpha value is -0.310. The predicted octanol–water partition coefficient (Wildman–Crippen LogP) is 3.01. The summed E-state index contributed by atoms with van der Waals surface area (Å²) in [5.74, 6) is -0.0482. The predicted molar refractivity (Wildman–Crippen MR) is 62.7 cm³/mol. The molecule has 0 heterocycles. The summed E-state index contributed by atoms with van der Waals surface area (Å²) >= 11 is 0. The summed E-state index contributed by atoms with van der Waals surface area (Å²) < 4.78 is 19.8. The van der Waals surface area contributed by atoms with Crippen molar-refractivity contribution in [3.63, 3.8) is 0 Å². The highest BCUT2D eigenvalue weighted by Gasteiger charge is 2.18. The maximum absolute atomic E-state index is 11.4. The number of ketones is 1. The van der Waals surface area contributed by atoms with Crippen LogP contribution >= 0.6 is 8.69 Å². The third-order valence-corrected chi connectivity index (χ3v) is 3.01. The standard InChI is InChI=1S/C11H21O4P/c1-9(10(12)8-15-16-13)6-5-7-11(2,3)14-4/h9H,5-8H2,1-4H3/t9-/m0/s1. The van der Waals surface area contributed by atoms with Crippen LogP contribution in [0.2, 0.25) is 0 Å². The molecule has 1 atom stereocenters. The van der Waals surface area contributed by atoms with Crippen molar-refractivity contribution in [2.45, 2.75) is 45.6 Å². The average molecular weight is 248 g/mol. The molecule has 0 aromatic heterocycles. The molecule has 0 unspecified atom stereocenters. The van der Waals surface area contributed by atoms with Gasteiger partial charge in [0, 0.05) is 13.0 Å². The molecule has 5 heteroatoms. The van der Waals surface area contributed by atoms with Gasteiger partial charge in [0.2, 0.25) is 0 Å². The molecule has 16 heavy (non-hydrogen) atoms. The number of Topliss-reactive ketones (excluding diaryl/α,β-unsaturated/α-hetero) is 1. The van der Waals surface area contributed by atoms with Crippen LogP contribution in [0.5, 0.6) is 0 Å². The minimum Gasteiger partial charge on any atom is -0.379 e. The van der Waals surface area contributed by atoms with Crippen molar-refractivity contribution in [3.8, 4) is 0 Å². The normalized spacial score (nSPS) is 14.0. The van der Waals surface area contributed by atoms with Crippen molar-refractivity contribution in [2.24, 2.45) is 5.92 Å². The second-order valence-electron chi connectivity index (χ2n) is 4.57. The van der Waals surface area contributed by atoms with E-state index in [1.165, 1.54) is 0 Å². The van der Waals surface area contributed by atoms with Crippen LogP contribution in [0.1, 0.15) is 40.0 Å². The second-order valence-corrected chi connectivity index (χ2v) is 4.98. The Labute approximate surface area is 99.0 Å². The summed E-state index contributed by atoms with van der Waals surface area (Å²) in [6, 6.07) is 0.